The summed E-state index contributed by atoms with van der Waals surface area (Å²) in [6.07, 6.45) is 0.128. The minimum Gasteiger partial charge on any atom is -0.366 e. The Kier molecular flexibility index (Phi) is 5.09. The Morgan fingerprint density at radius 3 is 2.23 bits per heavy atom. The van der Waals surface area contributed by atoms with E-state index in [0.29, 0.717) is 23.2 Å². The molecule has 3 rings (SSSR count). The summed E-state index contributed by atoms with van der Waals surface area (Å²) in [6.45, 7) is 0.311. The summed E-state index contributed by atoms with van der Waals surface area (Å²) in [5.74, 6) is -1.91. The van der Waals surface area contributed by atoms with Gasteiger partial charge in [0.15, 0.2) is 0 Å². The van der Waals surface area contributed by atoms with Gasteiger partial charge in [0.25, 0.3) is 0 Å². The molecule has 0 saturated heterocycles. The molecule has 0 aliphatic rings. The molecule has 26 heavy (non-hydrogen) atoms. The molecule has 3 aromatic carbocycles. The van der Waals surface area contributed by atoms with Crippen LogP contribution in [0.15, 0.2) is 60.7 Å². The average molecular weight is 352 g/mol. The number of hydrogen-bond acceptors (Lipinski definition) is 2. The van der Waals surface area contributed by atoms with Crippen molar-refractivity contribution < 1.29 is 13.6 Å². The number of nitrogens with two attached hydrogens (primary N) is 2. The van der Waals surface area contributed by atoms with E-state index < -0.39 is 17.5 Å². The average Bonchev–Trinajstić information content (AvgIpc) is 2.63. The monoisotopic (exact) mass is 352 g/mol. The fourth-order valence-electron chi connectivity index (χ4n) is 3.09. The van der Waals surface area contributed by atoms with Crippen LogP contribution in [-0.2, 0) is 13.0 Å². The quantitative estimate of drug-likeness (QED) is 0.734. The van der Waals surface area contributed by atoms with Gasteiger partial charge in [-0.05, 0) is 33.9 Å². The first kappa shape index (κ1) is 17.8. The molecule has 0 bridgehead atoms. The molecular weight excluding hydrogens is 334 g/mol. The van der Waals surface area contributed by atoms with E-state index in [1.54, 1.807) is 18.2 Å². The number of carbonyl (C=O) groups is 1. The van der Waals surface area contributed by atoms with E-state index in [9.17, 15) is 13.6 Å². The maximum absolute atomic E-state index is 14.0. The predicted octanol–water partition coefficient (Wildman–Crippen LogP) is 3.78. The molecule has 0 aliphatic heterocycles. The van der Waals surface area contributed by atoms with E-state index in [2.05, 4.69) is 0 Å². The summed E-state index contributed by atoms with van der Waals surface area (Å²) in [5, 5.41) is 0. The molecule has 0 fully saturated rings. The van der Waals surface area contributed by atoms with Crippen LogP contribution in [0, 0.1) is 11.6 Å². The highest BCUT2D eigenvalue weighted by Gasteiger charge is 2.18. The van der Waals surface area contributed by atoms with Crippen LogP contribution >= 0.6 is 0 Å². The number of primary amides is 1. The van der Waals surface area contributed by atoms with Crippen LogP contribution in [0.25, 0.3) is 11.1 Å². The molecule has 0 unspecified atom stereocenters. The molecular formula is C21H18F2N2O. The van der Waals surface area contributed by atoms with E-state index in [0.717, 1.165) is 17.2 Å². The Balaban J connectivity index is 2.14. The van der Waals surface area contributed by atoms with E-state index >= 15 is 0 Å². The van der Waals surface area contributed by atoms with Crippen LogP contribution in [0.2, 0.25) is 0 Å². The lowest BCUT2D eigenvalue weighted by Gasteiger charge is -2.15. The third-order valence-corrected chi connectivity index (χ3v) is 4.32. The Labute approximate surface area is 150 Å². The zero-order valence-corrected chi connectivity index (χ0v) is 14.0. The predicted molar refractivity (Wildman–Crippen MR) is 97.5 cm³/mol. The molecule has 0 aromatic heterocycles. The number of carbonyl (C=O) groups excluding carboxylic acids is 1. The minimum absolute atomic E-state index is 0.128. The molecule has 0 atom stereocenters. The lowest BCUT2D eigenvalue weighted by molar-refractivity contribution is 0.1000. The first-order chi connectivity index (χ1) is 12.5. The number of rotatable bonds is 5. The molecule has 1 amide bonds. The van der Waals surface area contributed by atoms with Crippen molar-refractivity contribution >= 4 is 5.91 Å². The zero-order valence-electron chi connectivity index (χ0n) is 14.0. The molecule has 0 heterocycles. The SMILES string of the molecule is NCc1ccccc1-c1cccc(Cc2ccc(F)cc2F)c1C(N)=O. The highest BCUT2D eigenvalue weighted by Crippen LogP contribution is 2.30. The van der Waals surface area contributed by atoms with Gasteiger partial charge >= 0.3 is 0 Å². The topological polar surface area (TPSA) is 69.1 Å². The summed E-state index contributed by atoms with van der Waals surface area (Å²) in [6, 6.07) is 16.2. The highest BCUT2D eigenvalue weighted by atomic mass is 19.1. The smallest absolute Gasteiger partial charge is 0.249 e. The first-order valence-electron chi connectivity index (χ1n) is 8.15. The maximum atomic E-state index is 14.0. The Hall–Kier alpha value is -3.05. The third-order valence-electron chi connectivity index (χ3n) is 4.32. The summed E-state index contributed by atoms with van der Waals surface area (Å²) < 4.78 is 27.2. The number of hydrogen-bond donors (Lipinski definition) is 2. The van der Waals surface area contributed by atoms with Gasteiger partial charge in [0.2, 0.25) is 5.91 Å². The second-order valence-electron chi connectivity index (χ2n) is 5.98. The van der Waals surface area contributed by atoms with Gasteiger partial charge in [0.05, 0.1) is 5.56 Å². The molecule has 0 aliphatic carbocycles. The van der Waals surface area contributed by atoms with Crippen LogP contribution < -0.4 is 11.5 Å². The van der Waals surface area contributed by atoms with Gasteiger partial charge < -0.3 is 11.5 Å². The maximum Gasteiger partial charge on any atom is 0.249 e. The fourth-order valence-corrected chi connectivity index (χ4v) is 3.09. The Morgan fingerprint density at radius 1 is 0.846 bits per heavy atom. The molecule has 4 N–H and O–H groups in total. The Morgan fingerprint density at radius 2 is 1.54 bits per heavy atom. The van der Waals surface area contributed by atoms with Gasteiger partial charge in [-0.25, -0.2) is 8.78 Å². The summed E-state index contributed by atoms with van der Waals surface area (Å²) >= 11 is 0. The largest absolute Gasteiger partial charge is 0.366 e. The van der Waals surface area contributed by atoms with Gasteiger partial charge in [-0.3, -0.25) is 4.79 Å². The number of benzene rings is 3. The van der Waals surface area contributed by atoms with E-state index in [1.807, 2.05) is 24.3 Å². The van der Waals surface area contributed by atoms with Crippen molar-refractivity contribution in [2.24, 2.45) is 11.5 Å². The van der Waals surface area contributed by atoms with Gasteiger partial charge in [-0.1, -0.05) is 48.5 Å². The van der Waals surface area contributed by atoms with Gasteiger partial charge in [-0.2, -0.15) is 0 Å². The number of amides is 1. The van der Waals surface area contributed by atoms with Crippen LogP contribution in [0.3, 0.4) is 0 Å². The van der Waals surface area contributed by atoms with Crippen molar-refractivity contribution in [2.45, 2.75) is 13.0 Å². The summed E-state index contributed by atoms with van der Waals surface area (Å²) in [5.41, 5.74) is 15.0. The van der Waals surface area contributed by atoms with Crippen molar-refractivity contribution in [3.63, 3.8) is 0 Å². The molecule has 3 nitrogen and oxygen atoms in total. The lowest BCUT2D eigenvalue weighted by Crippen LogP contribution is -2.16. The van der Waals surface area contributed by atoms with Crippen LogP contribution in [0.5, 0.6) is 0 Å². The van der Waals surface area contributed by atoms with Crippen molar-refractivity contribution in [1.82, 2.24) is 0 Å². The van der Waals surface area contributed by atoms with Gasteiger partial charge in [0.1, 0.15) is 11.6 Å². The highest BCUT2D eigenvalue weighted by molar-refractivity contribution is 6.01. The lowest BCUT2D eigenvalue weighted by atomic mass is 9.89. The third kappa shape index (κ3) is 3.48. The second kappa shape index (κ2) is 7.45. The molecule has 0 saturated carbocycles. The second-order valence-corrected chi connectivity index (χ2v) is 5.98. The first-order valence-corrected chi connectivity index (χ1v) is 8.15. The minimum atomic E-state index is -0.659. The van der Waals surface area contributed by atoms with Crippen molar-refractivity contribution in [3.05, 3.63) is 94.6 Å². The van der Waals surface area contributed by atoms with E-state index in [-0.39, 0.29) is 12.0 Å². The van der Waals surface area contributed by atoms with E-state index in [1.165, 1.54) is 12.1 Å². The molecule has 3 aromatic rings. The van der Waals surface area contributed by atoms with Crippen LogP contribution in [-0.4, -0.2) is 5.91 Å². The molecule has 0 radical (unpaired) electrons. The number of halogens is 2. The molecule has 5 heteroatoms. The van der Waals surface area contributed by atoms with E-state index in [4.69, 9.17) is 11.5 Å². The van der Waals surface area contributed by atoms with Crippen molar-refractivity contribution in [3.8, 4) is 11.1 Å². The molecule has 132 valence electrons. The zero-order chi connectivity index (χ0) is 18.7. The normalized spacial score (nSPS) is 10.7. The fraction of sp³-hybridized carbons (Fsp3) is 0.0952. The standard InChI is InChI=1S/C21H18F2N2O/c22-16-9-8-13(19(23)11-16)10-14-5-3-7-18(20(14)21(25)26)17-6-2-1-4-15(17)12-24/h1-9,11H,10,12,24H2,(H2,25,26). The van der Waals surface area contributed by atoms with Gasteiger partial charge in [-0.15, -0.1) is 0 Å². The van der Waals surface area contributed by atoms with Crippen molar-refractivity contribution in [2.75, 3.05) is 0 Å². The van der Waals surface area contributed by atoms with Crippen molar-refractivity contribution in [1.29, 1.82) is 0 Å². The van der Waals surface area contributed by atoms with Crippen LogP contribution in [0.4, 0.5) is 8.78 Å². The van der Waals surface area contributed by atoms with Crippen LogP contribution in [0.1, 0.15) is 27.0 Å². The summed E-state index contributed by atoms with van der Waals surface area (Å²) in [7, 11) is 0. The summed E-state index contributed by atoms with van der Waals surface area (Å²) in [4.78, 5) is 12.2. The molecule has 0 spiro atoms. The Bertz CT molecular complexity index is 970. The van der Waals surface area contributed by atoms with Gasteiger partial charge in [0, 0.05) is 19.0 Å².